The summed E-state index contributed by atoms with van der Waals surface area (Å²) < 4.78 is 13.8. The molecule has 0 radical (unpaired) electrons. The van der Waals surface area contributed by atoms with Crippen molar-refractivity contribution in [2.75, 3.05) is 38.1 Å². The average molecular weight is 373 g/mol. The monoisotopic (exact) mass is 372 g/mol. The second-order valence-corrected chi connectivity index (χ2v) is 6.99. The molecule has 1 saturated heterocycles. The second kappa shape index (κ2) is 9.36. The highest BCUT2D eigenvalue weighted by Crippen LogP contribution is 2.28. The van der Waals surface area contributed by atoms with Gasteiger partial charge in [0.25, 0.3) is 0 Å². The minimum atomic E-state index is -0.562. The predicted octanol–water partition coefficient (Wildman–Crippen LogP) is 2.16. The first-order valence-electron chi connectivity index (χ1n) is 8.58. The molecule has 1 aromatic carbocycles. The molecule has 2 atom stereocenters. The minimum Gasteiger partial charge on any atom is -0.369 e. The Morgan fingerprint density at radius 2 is 1.80 bits per heavy atom. The number of carbonyl (C=O) groups is 1. The van der Waals surface area contributed by atoms with E-state index in [0.717, 1.165) is 37.4 Å². The van der Waals surface area contributed by atoms with E-state index in [9.17, 15) is 9.18 Å². The van der Waals surface area contributed by atoms with Crippen molar-refractivity contribution in [3.63, 3.8) is 0 Å². The SMILES string of the molecule is CC(NC(=O)[C@@H](N)C(C)C)c1cc(F)ccc1N1CCN(C)CC1.Cl. The number of nitrogens with one attached hydrogen (secondary N) is 1. The third-order valence-electron chi connectivity index (χ3n) is 4.68. The summed E-state index contributed by atoms with van der Waals surface area (Å²) in [4.78, 5) is 16.8. The number of rotatable bonds is 5. The Hall–Kier alpha value is -1.37. The Labute approximate surface area is 156 Å². The molecule has 1 aliphatic heterocycles. The lowest BCUT2D eigenvalue weighted by atomic mass is 10.0. The molecule has 3 N–H and O–H groups in total. The zero-order valence-electron chi connectivity index (χ0n) is 15.5. The molecule has 25 heavy (non-hydrogen) atoms. The highest BCUT2D eigenvalue weighted by molar-refractivity contribution is 5.85. The van der Waals surface area contributed by atoms with E-state index in [2.05, 4.69) is 22.2 Å². The maximum atomic E-state index is 13.8. The zero-order chi connectivity index (χ0) is 17.9. The predicted molar refractivity (Wildman–Crippen MR) is 103 cm³/mol. The number of anilines is 1. The minimum absolute atomic E-state index is 0. The van der Waals surface area contributed by atoms with Crippen LogP contribution in [0.4, 0.5) is 10.1 Å². The van der Waals surface area contributed by atoms with Gasteiger partial charge in [0, 0.05) is 37.4 Å². The molecule has 0 spiro atoms. The van der Waals surface area contributed by atoms with Gasteiger partial charge in [-0.3, -0.25) is 4.79 Å². The van der Waals surface area contributed by atoms with Gasteiger partial charge in [0.1, 0.15) is 5.82 Å². The Morgan fingerprint density at radius 3 is 2.36 bits per heavy atom. The van der Waals surface area contributed by atoms with E-state index >= 15 is 0 Å². The van der Waals surface area contributed by atoms with Crippen LogP contribution in [0.3, 0.4) is 0 Å². The van der Waals surface area contributed by atoms with Gasteiger partial charge in [-0.25, -0.2) is 4.39 Å². The fourth-order valence-corrected chi connectivity index (χ4v) is 2.90. The standard InChI is InChI=1S/C18H29FN4O.ClH/c1-12(2)17(20)18(24)21-13(3)15-11-14(19)5-6-16(15)23-9-7-22(4)8-10-23;/h5-6,11-13,17H,7-10,20H2,1-4H3,(H,21,24);1H/t13?,17-;/m0./s1. The molecular weight excluding hydrogens is 343 g/mol. The molecule has 1 fully saturated rings. The van der Waals surface area contributed by atoms with Crippen LogP contribution in [0.1, 0.15) is 32.4 Å². The van der Waals surface area contributed by atoms with Crippen LogP contribution in [0.15, 0.2) is 18.2 Å². The van der Waals surface area contributed by atoms with Gasteiger partial charge in [-0.15, -0.1) is 12.4 Å². The van der Waals surface area contributed by atoms with E-state index in [0.29, 0.717) is 0 Å². The Balaban J connectivity index is 0.00000312. The summed E-state index contributed by atoms with van der Waals surface area (Å²) in [6.07, 6.45) is 0. The molecule has 1 aromatic rings. The number of hydrogen-bond donors (Lipinski definition) is 2. The van der Waals surface area contributed by atoms with Crippen LogP contribution in [0.5, 0.6) is 0 Å². The first kappa shape index (κ1) is 21.7. The number of carbonyl (C=O) groups excluding carboxylic acids is 1. The van der Waals surface area contributed by atoms with Gasteiger partial charge in [0.2, 0.25) is 5.91 Å². The van der Waals surface area contributed by atoms with Crippen molar-refractivity contribution < 1.29 is 9.18 Å². The van der Waals surface area contributed by atoms with E-state index in [1.54, 1.807) is 6.07 Å². The summed E-state index contributed by atoms with van der Waals surface area (Å²) in [5.41, 5.74) is 7.69. The van der Waals surface area contributed by atoms with Crippen molar-refractivity contribution in [2.45, 2.75) is 32.9 Å². The first-order valence-corrected chi connectivity index (χ1v) is 8.58. The second-order valence-electron chi connectivity index (χ2n) is 6.99. The number of nitrogens with two attached hydrogens (primary N) is 1. The molecule has 1 aliphatic rings. The summed E-state index contributed by atoms with van der Waals surface area (Å²) in [7, 11) is 2.10. The van der Waals surface area contributed by atoms with E-state index < -0.39 is 6.04 Å². The number of hydrogen-bond acceptors (Lipinski definition) is 4. The zero-order valence-corrected chi connectivity index (χ0v) is 16.3. The van der Waals surface area contributed by atoms with Gasteiger partial charge in [-0.2, -0.15) is 0 Å². The summed E-state index contributed by atoms with van der Waals surface area (Å²) in [6.45, 7) is 9.41. The Morgan fingerprint density at radius 1 is 1.20 bits per heavy atom. The summed E-state index contributed by atoms with van der Waals surface area (Å²) in [5, 5.41) is 2.93. The van der Waals surface area contributed by atoms with E-state index in [4.69, 9.17) is 5.73 Å². The van der Waals surface area contributed by atoms with Crippen LogP contribution >= 0.6 is 12.4 Å². The number of amides is 1. The number of likely N-dealkylation sites (N-methyl/N-ethyl adjacent to an activating group) is 1. The van der Waals surface area contributed by atoms with Crippen molar-refractivity contribution >= 4 is 24.0 Å². The van der Waals surface area contributed by atoms with Crippen LogP contribution < -0.4 is 16.0 Å². The van der Waals surface area contributed by atoms with Gasteiger partial charge >= 0.3 is 0 Å². The van der Waals surface area contributed by atoms with Crippen LogP contribution in [-0.4, -0.2) is 50.1 Å². The van der Waals surface area contributed by atoms with Crippen LogP contribution in [0, 0.1) is 11.7 Å². The summed E-state index contributed by atoms with van der Waals surface area (Å²) >= 11 is 0. The topological polar surface area (TPSA) is 61.6 Å². The Bertz CT molecular complexity index is 576. The third-order valence-corrected chi connectivity index (χ3v) is 4.68. The van der Waals surface area contributed by atoms with Crippen molar-refractivity contribution in [3.8, 4) is 0 Å². The van der Waals surface area contributed by atoms with Gasteiger partial charge in [0.05, 0.1) is 12.1 Å². The first-order chi connectivity index (χ1) is 11.3. The molecule has 0 aromatic heterocycles. The lowest BCUT2D eigenvalue weighted by Gasteiger charge is -2.36. The lowest BCUT2D eigenvalue weighted by Crippen LogP contribution is -2.46. The summed E-state index contributed by atoms with van der Waals surface area (Å²) in [6, 6.07) is 3.94. The van der Waals surface area contributed by atoms with Crippen LogP contribution in [0.25, 0.3) is 0 Å². The largest absolute Gasteiger partial charge is 0.369 e. The number of benzene rings is 1. The number of halogens is 2. The lowest BCUT2D eigenvalue weighted by molar-refractivity contribution is -0.123. The van der Waals surface area contributed by atoms with Crippen LogP contribution in [-0.2, 0) is 4.79 Å². The molecule has 142 valence electrons. The fourth-order valence-electron chi connectivity index (χ4n) is 2.90. The molecule has 1 amide bonds. The van der Waals surface area contributed by atoms with Crippen molar-refractivity contribution in [3.05, 3.63) is 29.6 Å². The van der Waals surface area contributed by atoms with Crippen molar-refractivity contribution in [2.24, 2.45) is 11.7 Å². The molecule has 0 saturated carbocycles. The maximum absolute atomic E-state index is 13.8. The van der Waals surface area contributed by atoms with Crippen molar-refractivity contribution in [1.29, 1.82) is 0 Å². The molecule has 1 unspecified atom stereocenters. The highest BCUT2D eigenvalue weighted by Gasteiger charge is 2.23. The van der Waals surface area contributed by atoms with E-state index in [1.807, 2.05) is 20.8 Å². The molecule has 5 nitrogen and oxygen atoms in total. The molecule has 7 heteroatoms. The van der Waals surface area contributed by atoms with Gasteiger partial charge in [-0.05, 0) is 38.1 Å². The molecule has 0 aliphatic carbocycles. The van der Waals surface area contributed by atoms with E-state index in [1.165, 1.54) is 12.1 Å². The average Bonchev–Trinajstić information content (AvgIpc) is 2.54. The quantitative estimate of drug-likeness (QED) is 0.831. The summed E-state index contributed by atoms with van der Waals surface area (Å²) in [5.74, 6) is -0.440. The number of piperazine rings is 1. The molecule has 1 heterocycles. The maximum Gasteiger partial charge on any atom is 0.237 e. The normalized spacial score (nSPS) is 17.8. The molecule has 2 rings (SSSR count). The van der Waals surface area contributed by atoms with Gasteiger partial charge in [-0.1, -0.05) is 13.8 Å². The van der Waals surface area contributed by atoms with E-state index in [-0.39, 0.29) is 36.1 Å². The number of nitrogens with zero attached hydrogens (tertiary/aromatic N) is 2. The van der Waals surface area contributed by atoms with Gasteiger partial charge < -0.3 is 20.9 Å². The Kier molecular flexibility index (Phi) is 8.12. The third kappa shape index (κ3) is 5.56. The van der Waals surface area contributed by atoms with Crippen LogP contribution in [0.2, 0.25) is 0 Å². The molecular formula is C18H30ClFN4O. The van der Waals surface area contributed by atoms with Crippen molar-refractivity contribution in [1.82, 2.24) is 10.2 Å². The fraction of sp³-hybridized carbons (Fsp3) is 0.611. The van der Waals surface area contributed by atoms with Gasteiger partial charge in [0.15, 0.2) is 0 Å². The highest BCUT2D eigenvalue weighted by atomic mass is 35.5. The molecule has 0 bridgehead atoms. The smallest absolute Gasteiger partial charge is 0.237 e.